The first-order valence-corrected chi connectivity index (χ1v) is 7.33. The number of piperidine rings is 1. The first-order chi connectivity index (χ1) is 9.56. The highest BCUT2D eigenvalue weighted by Gasteiger charge is 2.29. The first-order valence-electron chi connectivity index (χ1n) is 7.33. The number of nitrogens with one attached hydrogen (secondary N) is 1. The van der Waals surface area contributed by atoms with E-state index in [9.17, 15) is 9.90 Å². The molecule has 1 aliphatic rings. The van der Waals surface area contributed by atoms with Crippen molar-refractivity contribution in [2.45, 2.75) is 32.7 Å². The van der Waals surface area contributed by atoms with Gasteiger partial charge in [0.15, 0.2) is 0 Å². The van der Waals surface area contributed by atoms with Gasteiger partial charge in [0.2, 0.25) is 0 Å². The zero-order valence-corrected chi connectivity index (χ0v) is 12.5. The van der Waals surface area contributed by atoms with Gasteiger partial charge in [-0.1, -0.05) is 19.4 Å². The summed E-state index contributed by atoms with van der Waals surface area (Å²) in [6, 6.07) is 5.65. The number of phenolic OH excluding ortho intramolecular Hbond substituents is 1. The molecule has 1 aromatic carbocycles. The number of amides is 1. The fourth-order valence-electron chi connectivity index (χ4n) is 2.94. The van der Waals surface area contributed by atoms with Crippen LogP contribution in [0.25, 0.3) is 0 Å². The van der Waals surface area contributed by atoms with Crippen LogP contribution >= 0.6 is 0 Å². The Morgan fingerprint density at radius 3 is 2.85 bits per heavy atom. The molecular weight excluding hydrogens is 252 g/mol. The van der Waals surface area contributed by atoms with Crippen LogP contribution in [0.5, 0.6) is 5.75 Å². The molecule has 20 heavy (non-hydrogen) atoms. The second-order valence-corrected chi connectivity index (χ2v) is 5.60. The highest BCUT2D eigenvalue weighted by atomic mass is 16.3. The lowest BCUT2D eigenvalue weighted by Crippen LogP contribution is -2.50. The van der Waals surface area contributed by atoms with Crippen molar-refractivity contribution in [3.63, 3.8) is 0 Å². The van der Waals surface area contributed by atoms with Crippen molar-refractivity contribution in [2.24, 2.45) is 5.92 Å². The zero-order valence-electron chi connectivity index (χ0n) is 12.5. The molecule has 0 bridgehead atoms. The molecule has 0 aliphatic carbocycles. The number of nitrogens with zero attached hydrogens (tertiary/aromatic N) is 1. The third-order valence-electron chi connectivity index (χ3n) is 4.37. The molecular formula is C16H24N2O2. The molecule has 4 heteroatoms. The van der Waals surface area contributed by atoms with E-state index in [2.05, 4.69) is 12.2 Å². The predicted octanol–water partition coefficient (Wildman–Crippen LogP) is 2.16. The summed E-state index contributed by atoms with van der Waals surface area (Å²) in [6.45, 7) is 5.56. The molecule has 2 atom stereocenters. The van der Waals surface area contributed by atoms with E-state index in [-0.39, 0.29) is 11.7 Å². The van der Waals surface area contributed by atoms with Crippen LogP contribution < -0.4 is 5.32 Å². The number of aromatic hydroxyl groups is 1. The van der Waals surface area contributed by atoms with Gasteiger partial charge < -0.3 is 15.3 Å². The Bertz CT molecular complexity index is 487. The van der Waals surface area contributed by atoms with Gasteiger partial charge in [0.1, 0.15) is 5.75 Å². The molecule has 1 amide bonds. The van der Waals surface area contributed by atoms with E-state index in [0.717, 1.165) is 31.5 Å². The number of hydrogen-bond acceptors (Lipinski definition) is 3. The molecule has 0 saturated carbocycles. The van der Waals surface area contributed by atoms with Crippen molar-refractivity contribution >= 4 is 5.91 Å². The third kappa shape index (κ3) is 2.96. The maximum absolute atomic E-state index is 12.5. The quantitative estimate of drug-likeness (QED) is 0.889. The van der Waals surface area contributed by atoms with Crippen LogP contribution in [0.2, 0.25) is 0 Å². The normalized spacial score (nSPS) is 22.9. The SMILES string of the molecule is CCC1CN(C(=O)c2ccc(C)c(O)c2)CCC1NC. The number of carbonyl (C=O) groups is 1. The van der Waals surface area contributed by atoms with Gasteiger partial charge in [-0.2, -0.15) is 0 Å². The lowest BCUT2D eigenvalue weighted by Gasteiger charge is -2.38. The van der Waals surface area contributed by atoms with E-state index >= 15 is 0 Å². The summed E-state index contributed by atoms with van der Waals surface area (Å²) in [5, 5.41) is 13.1. The van der Waals surface area contributed by atoms with Crippen LogP contribution in [0.3, 0.4) is 0 Å². The van der Waals surface area contributed by atoms with E-state index in [1.165, 1.54) is 0 Å². The Hall–Kier alpha value is -1.55. The Kier molecular flexibility index (Phi) is 4.65. The average molecular weight is 276 g/mol. The molecule has 1 aromatic rings. The Balaban J connectivity index is 2.11. The van der Waals surface area contributed by atoms with Crippen LogP contribution in [0.15, 0.2) is 18.2 Å². The average Bonchev–Trinajstić information content (AvgIpc) is 2.48. The number of benzene rings is 1. The lowest BCUT2D eigenvalue weighted by atomic mass is 9.89. The maximum atomic E-state index is 12.5. The van der Waals surface area contributed by atoms with Gasteiger partial charge in [-0.05, 0) is 44.0 Å². The number of carbonyl (C=O) groups excluding carboxylic acids is 1. The number of likely N-dealkylation sites (tertiary alicyclic amines) is 1. The van der Waals surface area contributed by atoms with Crippen LogP contribution in [-0.4, -0.2) is 42.1 Å². The van der Waals surface area contributed by atoms with Crippen molar-refractivity contribution in [3.8, 4) is 5.75 Å². The second kappa shape index (κ2) is 6.27. The van der Waals surface area contributed by atoms with Crippen LogP contribution in [-0.2, 0) is 0 Å². The molecule has 1 fully saturated rings. The maximum Gasteiger partial charge on any atom is 0.253 e. The number of phenols is 1. The molecule has 2 N–H and O–H groups in total. The monoisotopic (exact) mass is 276 g/mol. The standard InChI is InChI=1S/C16H24N2O2/c1-4-12-10-18(8-7-14(12)17-3)16(20)13-6-5-11(2)15(19)9-13/h5-6,9,12,14,17,19H,4,7-8,10H2,1-3H3. The molecule has 0 spiro atoms. The van der Waals surface area contributed by atoms with E-state index in [1.54, 1.807) is 18.2 Å². The predicted molar refractivity (Wildman–Crippen MR) is 80.0 cm³/mol. The summed E-state index contributed by atoms with van der Waals surface area (Å²) in [7, 11) is 1.99. The molecule has 2 unspecified atom stereocenters. The van der Waals surface area contributed by atoms with Gasteiger partial charge in [-0.3, -0.25) is 4.79 Å². The van der Waals surface area contributed by atoms with E-state index in [0.29, 0.717) is 17.5 Å². The summed E-state index contributed by atoms with van der Waals surface area (Å²) in [6.07, 6.45) is 2.05. The molecule has 2 rings (SSSR count). The van der Waals surface area contributed by atoms with Crippen LogP contribution in [0, 0.1) is 12.8 Å². The molecule has 1 aliphatic heterocycles. The van der Waals surface area contributed by atoms with E-state index in [4.69, 9.17) is 0 Å². The van der Waals surface area contributed by atoms with Gasteiger partial charge in [0, 0.05) is 24.7 Å². The molecule has 0 aromatic heterocycles. The summed E-state index contributed by atoms with van der Waals surface area (Å²) >= 11 is 0. The molecule has 110 valence electrons. The summed E-state index contributed by atoms with van der Waals surface area (Å²) in [5.41, 5.74) is 1.37. The van der Waals surface area contributed by atoms with Gasteiger partial charge >= 0.3 is 0 Å². The summed E-state index contributed by atoms with van der Waals surface area (Å²) in [5.74, 6) is 0.707. The second-order valence-electron chi connectivity index (χ2n) is 5.60. The highest BCUT2D eigenvalue weighted by Crippen LogP contribution is 2.23. The Morgan fingerprint density at radius 1 is 1.50 bits per heavy atom. The van der Waals surface area contributed by atoms with Crippen molar-refractivity contribution < 1.29 is 9.90 Å². The molecule has 1 saturated heterocycles. The van der Waals surface area contributed by atoms with Crippen molar-refractivity contribution in [1.29, 1.82) is 0 Å². The smallest absolute Gasteiger partial charge is 0.253 e. The minimum atomic E-state index is 0.0216. The number of hydrogen-bond donors (Lipinski definition) is 2. The van der Waals surface area contributed by atoms with Gasteiger partial charge in [-0.15, -0.1) is 0 Å². The minimum absolute atomic E-state index is 0.0216. The minimum Gasteiger partial charge on any atom is -0.508 e. The topological polar surface area (TPSA) is 52.6 Å². The lowest BCUT2D eigenvalue weighted by molar-refractivity contribution is 0.0631. The largest absolute Gasteiger partial charge is 0.508 e. The van der Waals surface area contributed by atoms with Crippen LogP contribution in [0.1, 0.15) is 35.7 Å². The highest BCUT2D eigenvalue weighted by molar-refractivity contribution is 5.94. The summed E-state index contributed by atoms with van der Waals surface area (Å²) < 4.78 is 0. The molecule has 0 radical (unpaired) electrons. The molecule has 4 nitrogen and oxygen atoms in total. The Morgan fingerprint density at radius 2 is 2.25 bits per heavy atom. The third-order valence-corrected chi connectivity index (χ3v) is 4.37. The fraction of sp³-hybridized carbons (Fsp3) is 0.562. The number of aryl methyl sites for hydroxylation is 1. The van der Waals surface area contributed by atoms with E-state index < -0.39 is 0 Å². The van der Waals surface area contributed by atoms with Gasteiger partial charge in [-0.25, -0.2) is 0 Å². The van der Waals surface area contributed by atoms with Crippen molar-refractivity contribution in [3.05, 3.63) is 29.3 Å². The zero-order chi connectivity index (χ0) is 14.7. The van der Waals surface area contributed by atoms with Crippen molar-refractivity contribution in [1.82, 2.24) is 10.2 Å². The summed E-state index contributed by atoms with van der Waals surface area (Å²) in [4.78, 5) is 14.4. The van der Waals surface area contributed by atoms with Gasteiger partial charge in [0.25, 0.3) is 5.91 Å². The first kappa shape index (κ1) is 14.9. The molecule has 1 heterocycles. The van der Waals surface area contributed by atoms with E-state index in [1.807, 2.05) is 18.9 Å². The Labute approximate surface area is 120 Å². The van der Waals surface area contributed by atoms with Crippen molar-refractivity contribution in [2.75, 3.05) is 20.1 Å². The number of rotatable bonds is 3. The fourth-order valence-corrected chi connectivity index (χ4v) is 2.94. The van der Waals surface area contributed by atoms with Crippen LogP contribution in [0.4, 0.5) is 0 Å². The van der Waals surface area contributed by atoms with Gasteiger partial charge in [0.05, 0.1) is 0 Å².